The number of nitrogens with one attached hydrogen (secondary N) is 1. The monoisotopic (exact) mass is 524 g/mol. The number of nitrogens with zero attached hydrogens (tertiary/aromatic N) is 4. The van der Waals surface area contributed by atoms with E-state index >= 15 is 0 Å². The number of benzene rings is 1. The molecule has 1 aromatic carbocycles. The van der Waals surface area contributed by atoms with Crippen molar-refractivity contribution in [3.63, 3.8) is 0 Å². The van der Waals surface area contributed by atoms with Crippen LogP contribution in [0.3, 0.4) is 0 Å². The van der Waals surface area contributed by atoms with Crippen molar-refractivity contribution >= 4 is 34.4 Å². The van der Waals surface area contributed by atoms with E-state index in [-0.39, 0.29) is 30.6 Å². The minimum Gasteiger partial charge on any atom is -0.389 e. The third-order valence-corrected chi connectivity index (χ3v) is 6.57. The topological polar surface area (TPSA) is 109 Å². The van der Waals surface area contributed by atoms with Crippen LogP contribution in [0.4, 0.5) is 19.0 Å². The molecular weight excluding hydrogens is 497 g/mol. The van der Waals surface area contributed by atoms with Crippen LogP contribution in [0.15, 0.2) is 30.7 Å². The van der Waals surface area contributed by atoms with E-state index in [0.717, 1.165) is 4.90 Å². The second-order valence-corrected chi connectivity index (χ2v) is 10.3. The molecule has 3 heterocycles. The van der Waals surface area contributed by atoms with E-state index in [1.54, 1.807) is 18.5 Å². The highest BCUT2D eigenvalue weighted by molar-refractivity contribution is 6.33. The van der Waals surface area contributed by atoms with E-state index < -0.39 is 36.3 Å². The van der Waals surface area contributed by atoms with Crippen molar-refractivity contribution in [3.8, 4) is 11.1 Å². The van der Waals surface area contributed by atoms with Crippen LogP contribution in [0.25, 0.3) is 22.2 Å². The van der Waals surface area contributed by atoms with Crippen LogP contribution in [-0.2, 0) is 10.3 Å². The maximum absolute atomic E-state index is 14.9. The van der Waals surface area contributed by atoms with E-state index in [9.17, 15) is 23.1 Å². The SMILES string of the molecule is CC(C)(C)n1cnc2c(F)cc(-c3cc(N[C@@H]4CCN(C(=O)C(F)(F)CN)C[C@H]4O)ncc3Cl)cc21. The molecular formula is C24H28ClF3N6O2. The molecule has 1 aliphatic rings. The number of rotatable bonds is 5. The molecule has 1 saturated heterocycles. The molecule has 0 radical (unpaired) electrons. The zero-order valence-electron chi connectivity index (χ0n) is 20.1. The molecule has 1 amide bonds. The zero-order chi connectivity index (χ0) is 26.4. The van der Waals surface area contributed by atoms with Crippen molar-refractivity contribution in [1.29, 1.82) is 0 Å². The summed E-state index contributed by atoms with van der Waals surface area (Å²) in [7, 11) is 0. The van der Waals surface area contributed by atoms with Gasteiger partial charge in [-0.25, -0.2) is 14.4 Å². The molecule has 12 heteroatoms. The number of carbonyl (C=O) groups is 1. The van der Waals surface area contributed by atoms with Gasteiger partial charge in [-0.15, -0.1) is 0 Å². The molecule has 2 atom stereocenters. The minimum atomic E-state index is -3.68. The van der Waals surface area contributed by atoms with Gasteiger partial charge in [0, 0.05) is 30.4 Å². The predicted octanol–water partition coefficient (Wildman–Crippen LogP) is 3.61. The van der Waals surface area contributed by atoms with Gasteiger partial charge in [0.2, 0.25) is 0 Å². The van der Waals surface area contributed by atoms with Crippen molar-refractivity contribution < 1.29 is 23.1 Å². The number of hydrogen-bond donors (Lipinski definition) is 3. The molecule has 8 nitrogen and oxygen atoms in total. The summed E-state index contributed by atoms with van der Waals surface area (Å²) < 4.78 is 44.1. The average molecular weight is 525 g/mol. The van der Waals surface area contributed by atoms with Gasteiger partial charge in [-0.1, -0.05) is 11.6 Å². The highest BCUT2D eigenvalue weighted by atomic mass is 35.5. The third kappa shape index (κ3) is 5.00. The number of carbonyl (C=O) groups excluding carboxylic acids is 1. The predicted molar refractivity (Wildman–Crippen MR) is 132 cm³/mol. The van der Waals surface area contributed by atoms with Crippen molar-refractivity contribution in [3.05, 3.63) is 41.6 Å². The van der Waals surface area contributed by atoms with Gasteiger partial charge < -0.3 is 25.6 Å². The fourth-order valence-electron chi connectivity index (χ4n) is 4.30. The Balaban J connectivity index is 1.58. The van der Waals surface area contributed by atoms with Gasteiger partial charge in [0.15, 0.2) is 5.82 Å². The number of imidazole rings is 1. The molecule has 3 aromatic rings. The number of likely N-dealkylation sites (tertiary alicyclic amines) is 1. The van der Waals surface area contributed by atoms with Gasteiger partial charge in [-0.3, -0.25) is 4.79 Å². The molecule has 0 unspecified atom stereocenters. The minimum absolute atomic E-state index is 0.0161. The van der Waals surface area contributed by atoms with E-state index in [1.807, 2.05) is 25.3 Å². The quantitative estimate of drug-likeness (QED) is 0.470. The number of amides is 1. The lowest BCUT2D eigenvalue weighted by atomic mass is 10.0. The van der Waals surface area contributed by atoms with Crippen LogP contribution in [0, 0.1) is 5.82 Å². The van der Waals surface area contributed by atoms with Crippen LogP contribution in [0.2, 0.25) is 5.02 Å². The number of anilines is 1. The van der Waals surface area contributed by atoms with E-state index in [4.69, 9.17) is 17.3 Å². The summed E-state index contributed by atoms with van der Waals surface area (Å²) in [6.07, 6.45) is 2.10. The first-order valence-corrected chi connectivity index (χ1v) is 11.8. The normalized spacial score (nSPS) is 19.1. The first kappa shape index (κ1) is 26.2. The Labute approximate surface area is 211 Å². The summed E-state index contributed by atoms with van der Waals surface area (Å²) in [5, 5.41) is 13.9. The molecule has 2 aromatic heterocycles. The number of aliphatic hydroxyl groups is 1. The molecule has 4 N–H and O–H groups in total. The van der Waals surface area contributed by atoms with Crippen LogP contribution in [0.5, 0.6) is 0 Å². The Morgan fingerprint density at radius 2 is 2.00 bits per heavy atom. The summed E-state index contributed by atoms with van der Waals surface area (Å²) in [4.78, 5) is 21.4. The fraction of sp³-hybridized carbons (Fsp3) is 0.458. The smallest absolute Gasteiger partial charge is 0.336 e. The number of aromatic nitrogens is 3. The second-order valence-electron chi connectivity index (χ2n) is 9.93. The summed E-state index contributed by atoms with van der Waals surface area (Å²) in [5.41, 5.74) is 6.57. The number of piperidine rings is 1. The Bertz CT molecular complexity index is 1290. The summed E-state index contributed by atoms with van der Waals surface area (Å²) >= 11 is 6.41. The Morgan fingerprint density at radius 3 is 2.64 bits per heavy atom. The van der Waals surface area contributed by atoms with E-state index in [2.05, 4.69) is 15.3 Å². The van der Waals surface area contributed by atoms with Gasteiger partial charge in [-0.05, 0) is 51.0 Å². The lowest BCUT2D eigenvalue weighted by Gasteiger charge is -2.37. The van der Waals surface area contributed by atoms with Crippen LogP contribution in [0.1, 0.15) is 27.2 Å². The standard InChI is InChI=1S/C24H28ClF3N6O2/c1-23(2,3)34-12-31-21-16(26)6-13(7-18(21)34)14-8-20(30-9-15(14)25)32-17-4-5-33(10-19(17)35)22(36)24(27,28)11-29/h6-9,12,17,19,35H,4-5,10-11,29H2,1-3H3,(H,30,32)/t17-,19-/m1/s1. The first-order chi connectivity index (χ1) is 16.8. The number of alkyl halides is 2. The van der Waals surface area contributed by atoms with Crippen molar-refractivity contribution in [2.24, 2.45) is 5.73 Å². The maximum atomic E-state index is 14.9. The Hall–Kier alpha value is -2.89. The molecule has 4 rings (SSSR count). The van der Waals surface area contributed by atoms with Crippen molar-refractivity contribution in [2.75, 3.05) is 25.0 Å². The summed E-state index contributed by atoms with van der Waals surface area (Å²) in [6, 6.07) is 4.24. The highest BCUT2D eigenvalue weighted by Crippen LogP contribution is 2.34. The van der Waals surface area contributed by atoms with Crippen LogP contribution in [-0.4, -0.2) is 68.2 Å². The Morgan fingerprint density at radius 1 is 1.28 bits per heavy atom. The van der Waals surface area contributed by atoms with Crippen molar-refractivity contribution in [1.82, 2.24) is 19.4 Å². The van der Waals surface area contributed by atoms with Crippen LogP contribution < -0.4 is 11.1 Å². The molecule has 0 bridgehead atoms. The molecule has 1 fully saturated rings. The number of pyridine rings is 1. The zero-order valence-corrected chi connectivity index (χ0v) is 20.9. The molecule has 36 heavy (non-hydrogen) atoms. The van der Waals surface area contributed by atoms with Gasteiger partial charge >= 0.3 is 5.92 Å². The molecule has 0 spiro atoms. The highest BCUT2D eigenvalue weighted by Gasteiger charge is 2.43. The third-order valence-electron chi connectivity index (χ3n) is 6.27. The number of β-amino-alcohol motifs (C(OH)–C–C–N with tert-alkyl or cyclic N) is 1. The lowest BCUT2D eigenvalue weighted by Crippen LogP contribution is -2.56. The number of hydrogen-bond acceptors (Lipinski definition) is 6. The second kappa shape index (κ2) is 9.53. The fourth-order valence-corrected chi connectivity index (χ4v) is 4.51. The van der Waals surface area contributed by atoms with Gasteiger partial charge in [0.05, 0.1) is 35.6 Å². The number of aliphatic hydroxyl groups excluding tert-OH is 1. The van der Waals surface area contributed by atoms with Gasteiger partial charge in [-0.2, -0.15) is 8.78 Å². The largest absolute Gasteiger partial charge is 0.389 e. The number of fused-ring (bicyclic) bond motifs is 1. The number of nitrogens with two attached hydrogens (primary N) is 1. The van der Waals surface area contributed by atoms with Gasteiger partial charge in [0.25, 0.3) is 5.91 Å². The van der Waals surface area contributed by atoms with Gasteiger partial charge in [0.1, 0.15) is 11.3 Å². The lowest BCUT2D eigenvalue weighted by molar-refractivity contribution is -0.159. The molecule has 1 aliphatic heterocycles. The Kier molecular flexibility index (Phi) is 6.93. The van der Waals surface area contributed by atoms with E-state index in [0.29, 0.717) is 27.5 Å². The average Bonchev–Trinajstić information content (AvgIpc) is 3.26. The first-order valence-electron chi connectivity index (χ1n) is 11.5. The van der Waals surface area contributed by atoms with Crippen LogP contribution >= 0.6 is 11.6 Å². The molecule has 0 aliphatic carbocycles. The molecule has 0 saturated carbocycles. The summed E-state index contributed by atoms with van der Waals surface area (Å²) in [6.45, 7) is 4.61. The molecule has 194 valence electrons. The summed E-state index contributed by atoms with van der Waals surface area (Å²) in [5.74, 6) is -5.21. The maximum Gasteiger partial charge on any atom is 0.336 e. The number of halogens is 4. The van der Waals surface area contributed by atoms with E-state index in [1.165, 1.54) is 12.3 Å². The van der Waals surface area contributed by atoms with Crippen molar-refractivity contribution in [2.45, 2.75) is 50.8 Å².